The molecule has 2 rings (SSSR count). The van der Waals surface area contributed by atoms with Gasteiger partial charge < -0.3 is 15.0 Å². The summed E-state index contributed by atoms with van der Waals surface area (Å²) in [6.07, 6.45) is 0. The number of nitrogens with zero attached hydrogens (tertiary/aromatic N) is 2. The van der Waals surface area contributed by atoms with Crippen molar-refractivity contribution < 1.29 is 10.0 Å². The molecule has 0 spiro atoms. The Morgan fingerprint density at radius 1 is 1.33 bits per heavy atom. The van der Waals surface area contributed by atoms with Crippen LogP contribution in [0.4, 0.5) is 0 Å². The van der Waals surface area contributed by atoms with Crippen LogP contribution in [-0.4, -0.2) is 32.9 Å². The minimum atomic E-state index is -0.750. The lowest BCUT2D eigenvalue weighted by atomic mass is 10.2. The fourth-order valence-corrected chi connectivity index (χ4v) is 1.13. The van der Waals surface area contributed by atoms with Gasteiger partial charge in [0.2, 0.25) is 0 Å². The van der Waals surface area contributed by atoms with Crippen LogP contribution in [-0.2, 0) is 0 Å². The quantitative estimate of drug-likeness (QED) is 0.474. The Bertz CT molecular complexity index is 500. The van der Waals surface area contributed by atoms with E-state index in [0.717, 1.165) is 16.6 Å². The molecule has 3 N–H and O–H groups in total. The van der Waals surface area contributed by atoms with E-state index in [9.17, 15) is 4.79 Å². The zero-order valence-corrected chi connectivity index (χ0v) is 8.14. The molecule has 0 saturated heterocycles. The number of benzene rings is 1. The molecule has 15 heavy (non-hydrogen) atoms. The van der Waals surface area contributed by atoms with Gasteiger partial charge in [-0.05, 0) is 18.6 Å². The van der Waals surface area contributed by atoms with Crippen LogP contribution in [0.5, 0.6) is 0 Å². The third kappa shape index (κ3) is 2.86. The summed E-state index contributed by atoms with van der Waals surface area (Å²) in [6.45, 7) is 1.93. The minimum absolute atomic E-state index is 0.409. The van der Waals surface area contributed by atoms with Gasteiger partial charge in [-0.1, -0.05) is 17.2 Å². The summed E-state index contributed by atoms with van der Waals surface area (Å²) < 4.78 is 0. The standard InChI is InChI=1S/C8H7N3O.BH3O2/c1-5-3-2-4-6-7(5)10-11-8(12)9-6;2-1-3/h2-4H,1H3,(H,9,11,12);1-3H. The van der Waals surface area contributed by atoms with Crippen molar-refractivity contribution in [2.75, 3.05) is 0 Å². The molecule has 78 valence electrons. The summed E-state index contributed by atoms with van der Waals surface area (Å²) in [6, 6.07) is 5.60. The van der Waals surface area contributed by atoms with Gasteiger partial charge in [-0.3, -0.25) is 0 Å². The van der Waals surface area contributed by atoms with E-state index in [1.54, 1.807) is 6.07 Å². The Morgan fingerprint density at radius 2 is 2.00 bits per heavy atom. The van der Waals surface area contributed by atoms with E-state index in [2.05, 4.69) is 15.2 Å². The molecule has 0 atom stereocenters. The third-order valence-electron chi connectivity index (χ3n) is 1.72. The van der Waals surface area contributed by atoms with Crippen LogP contribution in [0, 0.1) is 6.92 Å². The highest BCUT2D eigenvalue weighted by atomic mass is 16.4. The number of hydrogen-bond donors (Lipinski definition) is 3. The Labute approximate surface area is 85.9 Å². The number of aryl methyl sites for hydroxylation is 1. The topological polar surface area (TPSA) is 99.1 Å². The Kier molecular flexibility index (Phi) is 3.96. The molecule has 6 nitrogen and oxygen atoms in total. The highest BCUT2D eigenvalue weighted by Gasteiger charge is 1.97. The van der Waals surface area contributed by atoms with Crippen LogP contribution in [0.1, 0.15) is 5.56 Å². The molecule has 0 fully saturated rings. The predicted molar refractivity (Wildman–Crippen MR) is 56.5 cm³/mol. The number of fused-ring (bicyclic) bond motifs is 1. The molecule has 0 aliphatic carbocycles. The van der Waals surface area contributed by atoms with E-state index < -0.39 is 13.4 Å². The summed E-state index contributed by atoms with van der Waals surface area (Å²) in [5, 5.41) is 21.4. The molecule has 7 heteroatoms. The van der Waals surface area contributed by atoms with Gasteiger partial charge in [-0.25, -0.2) is 4.79 Å². The van der Waals surface area contributed by atoms with Crippen LogP contribution in [0.2, 0.25) is 0 Å². The van der Waals surface area contributed by atoms with Crippen molar-refractivity contribution in [2.45, 2.75) is 6.92 Å². The summed E-state index contributed by atoms with van der Waals surface area (Å²) in [4.78, 5) is 13.4. The van der Waals surface area contributed by atoms with E-state index in [-0.39, 0.29) is 0 Å². The number of H-pyrrole nitrogens is 1. The lowest BCUT2D eigenvalue weighted by molar-refractivity contribution is 0.448. The van der Waals surface area contributed by atoms with Gasteiger partial charge in [0.25, 0.3) is 0 Å². The molecular weight excluding hydrogens is 197 g/mol. The lowest BCUT2D eigenvalue weighted by Crippen LogP contribution is -2.11. The number of hydrogen-bond acceptors (Lipinski definition) is 5. The smallest absolute Gasteiger partial charge is 0.430 e. The van der Waals surface area contributed by atoms with Crippen molar-refractivity contribution >= 4 is 18.7 Å². The Balaban J connectivity index is 0.000000337. The normalized spacial score (nSPS) is 9.27. The zero-order chi connectivity index (χ0) is 11.3. The Hall–Kier alpha value is -1.73. The lowest BCUT2D eigenvalue weighted by Gasteiger charge is -1.96. The van der Waals surface area contributed by atoms with Crippen LogP contribution < -0.4 is 5.69 Å². The van der Waals surface area contributed by atoms with Crippen molar-refractivity contribution in [3.05, 3.63) is 34.2 Å². The second-order valence-corrected chi connectivity index (χ2v) is 2.74. The van der Waals surface area contributed by atoms with Gasteiger partial charge in [-0.2, -0.15) is 0 Å². The SMILES string of the molecule is Cc1cccc2[nH]c(=O)nnc12.OBO. The fourth-order valence-electron chi connectivity index (χ4n) is 1.13. The molecule has 2 aromatic rings. The van der Waals surface area contributed by atoms with E-state index in [1.807, 2.05) is 19.1 Å². The van der Waals surface area contributed by atoms with Gasteiger partial charge >= 0.3 is 13.4 Å². The van der Waals surface area contributed by atoms with E-state index in [0.29, 0.717) is 0 Å². The molecule has 0 amide bonds. The average Bonchev–Trinajstić information content (AvgIpc) is 2.19. The van der Waals surface area contributed by atoms with Crippen LogP contribution in [0.25, 0.3) is 11.0 Å². The number of aromatic nitrogens is 3. The van der Waals surface area contributed by atoms with Crippen molar-refractivity contribution in [3.63, 3.8) is 0 Å². The Morgan fingerprint density at radius 3 is 2.67 bits per heavy atom. The molecular formula is C8H10BN3O3. The van der Waals surface area contributed by atoms with Crippen LogP contribution >= 0.6 is 0 Å². The number of nitrogens with one attached hydrogen (secondary N) is 1. The van der Waals surface area contributed by atoms with Gasteiger partial charge in [0.1, 0.15) is 5.52 Å². The first-order valence-electron chi connectivity index (χ1n) is 4.23. The maximum Gasteiger partial charge on any atom is 0.432 e. The maximum atomic E-state index is 10.8. The molecule has 0 aliphatic heterocycles. The van der Waals surface area contributed by atoms with Gasteiger partial charge in [-0.15, -0.1) is 5.10 Å². The second-order valence-electron chi connectivity index (χ2n) is 2.74. The molecule has 1 aromatic heterocycles. The van der Waals surface area contributed by atoms with Crippen LogP contribution in [0.15, 0.2) is 23.0 Å². The first kappa shape index (κ1) is 11.4. The summed E-state index contributed by atoms with van der Waals surface area (Å²) in [5.74, 6) is 0. The molecule has 0 bridgehead atoms. The van der Waals surface area contributed by atoms with Crippen molar-refractivity contribution in [1.29, 1.82) is 0 Å². The fraction of sp³-hybridized carbons (Fsp3) is 0.125. The first-order valence-corrected chi connectivity index (χ1v) is 4.23. The van der Waals surface area contributed by atoms with Crippen molar-refractivity contribution in [1.82, 2.24) is 15.2 Å². The van der Waals surface area contributed by atoms with E-state index in [4.69, 9.17) is 10.0 Å². The molecule has 1 aromatic carbocycles. The summed E-state index contributed by atoms with van der Waals surface area (Å²) >= 11 is 0. The van der Waals surface area contributed by atoms with Crippen LogP contribution in [0.3, 0.4) is 0 Å². The largest absolute Gasteiger partial charge is 0.432 e. The third-order valence-corrected chi connectivity index (χ3v) is 1.72. The highest BCUT2D eigenvalue weighted by Crippen LogP contribution is 2.09. The van der Waals surface area contributed by atoms with Gasteiger partial charge in [0, 0.05) is 0 Å². The van der Waals surface area contributed by atoms with E-state index in [1.165, 1.54) is 0 Å². The van der Waals surface area contributed by atoms with Gasteiger partial charge in [0.05, 0.1) is 5.52 Å². The van der Waals surface area contributed by atoms with Crippen molar-refractivity contribution in [3.8, 4) is 0 Å². The van der Waals surface area contributed by atoms with E-state index >= 15 is 0 Å². The van der Waals surface area contributed by atoms with Crippen molar-refractivity contribution in [2.24, 2.45) is 0 Å². The molecule has 0 aliphatic rings. The number of aromatic amines is 1. The maximum absolute atomic E-state index is 10.8. The molecule has 0 unspecified atom stereocenters. The second kappa shape index (κ2) is 5.23. The molecule has 0 radical (unpaired) electrons. The average molecular weight is 207 g/mol. The number of rotatable bonds is 0. The summed E-state index contributed by atoms with van der Waals surface area (Å²) in [5.41, 5.74) is 2.08. The first-order chi connectivity index (χ1) is 7.19. The monoisotopic (exact) mass is 207 g/mol. The zero-order valence-electron chi connectivity index (χ0n) is 8.14. The molecule has 0 saturated carbocycles. The predicted octanol–water partition coefficient (Wildman–Crippen LogP) is -1.14. The highest BCUT2D eigenvalue weighted by molar-refractivity contribution is 6.13. The summed E-state index contributed by atoms with van der Waals surface area (Å²) in [7, 11) is -0.750. The minimum Gasteiger partial charge on any atom is -0.430 e. The molecule has 1 heterocycles. The van der Waals surface area contributed by atoms with Gasteiger partial charge in [0.15, 0.2) is 0 Å².